The predicted molar refractivity (Wildman–Crippen MR) is 45.3 cm³/mol. The molecule has 0 aliphatic heterocycles. The molecule has 64 valence electrons. The maximum absolute atomic E-state index is 11.1. The van der Waals surface area contributed by atoms with Gasteiger partial charge in [0, 0.05) is 18.8 Å². The molecule has 0 amide bonds. The maximum atomic E-state index is 11.1. The highest BCUT2D eigenvalue weighted by Crippen LogP contribution is 1.76. The number of hydrogen-bond donors (Lipinski definition) is 1. The molecule has 0 bridgehead atoms. The molecule has 0 fully saturated rings. The Hall–Kier alpha value is -1.78. The lowest BCUT2D eigenvalue weighted by molar-refractivity contribution is 0.678. The molecule has 0 aliphatic rings. The normalized spacial score (nSPS) is 9.67. The molecule has 0 spiro atoms. The zero-order chi connectivity index (χ0) is 9.14. The van der Waals surface area contributed by atoms with Crippen molar-refractivity contribution in [1.82, 2.24) is 9.24 Å². The Morgan fingerprint density at radius 2 is 2.25 bits per heavy atom. The number of allylic oxidation sites excluding steroid dienone is 1. The Morgan fingerprint density at radius 3 is 2.83 bits per heavy atom. The lowest BCUT2D eigenvalue weighted by Crippen LogP contribution is -2.43. The summed E-state index contributed by atoms with van der Waals surface area (Å²) in [5, 5.41) is 0. The fraction of sp³-hybridized carbons (Fsp3) is 0.143. The van der Waals surface area contributed by atoms with Crippen molar-refractivity contribution in [3.63, 3.8) is 0 Å². The van der Waals surface area contributed by atoms with E-state index in [0.29, 0.717) is 11.2 Å². The van der Waals surface area contributed by atoms with Crippen molar-refractivity contribution < 1.29 is 0 Å². The van der Waals surface area contributed by atoms with Crippen LogP contribution in [0.1, 0.15) is 0 Å². The van der Waals surface area contributed by atoms with Crippen molar-refractivity contribution >= 4 is 0 Å². The van der Waals surface area contributed by atoms with Crippen LogP contribution in [0, 0.1) is 0 Å². The summed E-state index contributed by atoms with van der Waals surface area (Å²) in [5.41, 5.74) is -1.05. The van der Waals surface area contributed by atoms with Gasteiger partial charge in [-0.05, 0) is 0 Å². The second-order valence-electron chi connectivity index (χ2n) is 2.25. The molecule has 1 aromatic heterocycles. The lowest BCUT2D eigenvalue weighted by Gasteiger charge is -2.01. The van der Waals surface area contributed by atoms with Gasteiger partial charge in [-0.1, -0.05) is 6.08 Å². The lowest BCUT2D eigenvalue weighted by atomic mass is 10.5. The molecule has 0 radical (unpaired) electrons. The minimum Gasteiger partial charge on any atom is -0.332 e. The fourth-order valence-electron chi connectivity index (χ4n) is 0.808. The van der Waals surface area contributed by atoms with Crippen LogP contribution in [0.5, 0.6) is 0 Å². The number of nitrogens with two attached hydrogens (primary N) is 1. The molecule has 5 heteroatoms. The van der Waals surface area contributed by atoms with Gasteiger partial charge in [0.25, 0.3) is 5.56 Å². The smallest absolute Gasteiger partial charge is 0.332 e. The van der Waals surface area contributed by atoms with Gasteiger partial charge in [0.15, 0.2) is 0 Å². The summed E-state index contributed by atoms with van der Waals surface area (Å²) < 4.78 is 1.85. The average Bonchev–Trinajstić information content (AvgIpc) is 2.07. The van der Waals surface area contributed by atoms with Crippen LogP contribution in [-0.4, -0.2) is 9.24 Å². The van der Waals surface area contributed by atoms with Crippen molar-refractivity contribution in [2.75, 3.05) is 5.84 Å². The molecular formula is C7H9N3O2. The van der Waals surface area contributed by atoms with Crippen molar-refractivity contribution in [1.29, 1.82) is 0 Å². The van der Waals surface area contributed by atoms with E-state index in [4.69, 9.17) is 5.84 Å². The number of nitrogens with zero attached hydrogens (tertiary/aromatic N) is 2. The number of aromatic nitrogens is 2. The van der Waals surface area contributed by atoms with E-state index in [-0.39, 0.29) is 0 Å². The molecule has 0 atom stereocenters. The monoisotopic (exact) mass is 167 g/mol. The van der Waals surface area contributed by atoms with Crippen LogP contribution in [0.2, 0.25) is 0 Å². The van der Waals surface area contributed by atoms with E-state index in [9.17, 15) is 9.59 Å². The first-order chi connectivity index (χ1) is 5.66. The summed E-state index contributed by atoms with van der Waals surface area (Å²) in [6, 6.07) is 1.23. The van der Waals surface area contributed by atoms with E-state index in [2.05, 4.69) is 6.58 Å². The standard InChI is InChI=1S/C7H9N3O2/c1-2-4-9-5-3-6(11)10(8)7(9)12/h2-3,5H,1,4,8H2. The Bertz CT molecular complexity index is 402. The molecule has 0 unspecified atom stereocenters. The van der Waals surface area contributed by atoms with Gasteiger partial charge in [-0.3, -0.25) is 9.36 Å². The van der Waals surface area contributed by atoms with Gasteiger partial charge < -0.3 is 5.84 Å². The van der Waals surface area contributed by atoms with Gasteiger partial charge in [-0.15, -0.1) is 6.58 Å². The number of nitrogen functional groups attached to an aromatic ring is 1. The molecule has 1 rings (SSSR count). The summed E-state index contributed by atoms with van der Waals surface area (Å²) in [5.74, 6) is 5.15. The van der Waals surface area contributed by atoms with E-state index in [1.165, 1.54) is 16.8 Å². The van der Waals surface area contributed by atoms with Gasteiger partial charge >= 0.3 is 5.69 Å². The van der Waals surface area contributed by atoms with E-state index in [0.717, 1.165) is 0 Å². The Balaban J connectivity index is 3.36. The van der Waals surface area contributed by atoms with Crippen LogP contribution >= 0.6 is 0 Å². The predicted octanol–water partition coefficient (Wildman–Crippen LogP) is -1.09. The quantitative estimate of drug-likeness (QED) is 0.449. The summed E-state index contributed by atoms with van der Waals surface area (Å²) in [6.45, 7) is 3.80. The molecule has 0 saturated carbocycles. The van der Waals surface area contributed by atoms with E-state index >= 15 is 0 Å². The van der Waals surface area contributed by atoms with E-state index < -0.39 is 11.2 Å². The molecule has 1 aromatic rings. The van der Waals surface area contributed by atoms with Gasteiger partial charge in [0.05, 0.1) is 0 Å². The van der Waals surface area contributed by atoms with Crippen molar-refractivity contribution in [3.05, 3.63) is 45.8 Å². The van der Waals surface area contributed by atoms with Crippen LogP contribution in [0.25, 0.3) is 0 Å². The first kappa shape index (κ1) is 8.32. The van der Waals surface area contributed by atoms with Crippen LogP contribution in [0.4, 0.5) is 0 Å². The summed E-state index contributed by atoms with van der Waals surface area (Å²) in [7, 11) is 0. The molecule has 2 N–H and O–H groups in total. The van der Waals surface area contributed by atoms with Crippen LogP contribution < -0.4 is 17.1 Å². The minimum absolute atomic E-state index is 0.344. The van der Waals surface area contributed by atoms with Crippen LogP contribution in [-0.2, 0) is 6.54 Å². The topological polar surface area (TPSA) is 70.0 Å². The fourth-order valence-corrected chi connectivity index (χ4v) is 0.808. The SMILES string of the molecule is C=CCn1ccc(=O)n(N)c1=O. The third-order valence-electron chi connectivity index (χ3n) is 1.41. The van der Waals surface area contributed by atoms with Gasteiger partial charge in [0.1, 0.15) is 0 Å². The first-order valence-corrected chi connectivity index (χ1v) is 3.35. The molecule has 5 nitrogen and oxygen atoms in total. The molecule has 12 heavy (non-hydrogen) atoms. The highest BCUT2D eigenvalue weighted by Gasteiger charge is 1.98. The second-order valence-corrected chi connectivity index (χ2v) is 2.25. The molecule has 0 saturated heterocycles. The summed E-state index contributed by atoms with van der Waals surface area (Å²) in [6.07, 6.45) is 2.93. The Morgan fingerprint density at radius 1 is 1.58 bits per heavy atom. The highest BCUT2D eigenvalue weighted by atomic mass is 16.2. The van der Waals surface area contributed by atoms with Crippen molar-refractivity contribution in [2.24, 2.45) is 0 Å². The van der Waals surface area contributed by atoms with E-state index in [1.54, 1.807) is 6.08 Å². The second kappa shape index (κ2) is 3.08. The van der Waals surface area contributed by atoms with E-state index in [1.807, 2.05) is 0 Å². The zero-order valence-electron chi connectivity index (χ0n) is 6.43. The van der Waals surface area contributed by atoms with Gasteiger partial charge in [-0.25, -0.2) is 4.79 Å². The highest BCUT2D eigenvalue weighted by molar-refractivity contribution is 4.87. The minimum atomic E-state index is -0.539. The van der Waals surface area contributed by atoms with Gasteiger partial charge in [0.2, 0.25) is 0 Å². The Labute approximate surface area is 68.3 Å². The molecular weight excluding hydrogens is 158 g/mol. The summed E-state index contributed by atoms with van der Waals surface area (Å²) in [4.78, 5) is 21.9. The summed E-state index contributed by atoms with van der Waals surface area (Å²) >= 11 is 0. The van der Waals surface area contributed by atoms with Crippen molar-refractivity contribution in [3.8, 4) is 0 Å². The number of rotatable bonds is 2. The van der Waals surface area contributed by atoms with Crippen LogP contribution in [0.15, 0.2) is 34.5 Å². The third kappa shape index (κ3) is 1.29. The largest absolute Gasteiger partial charge is 0.350 e. The van der Waals surface area contributed by atoms with Gasteiger partial charge in [-0.2, -0.15) is 4.68 Å². The first-order valence-electron chi connectivity index (χ1n) is 3.35. The zero-order valence-corrected chi connectivity index (χ0v) is 6.43. The maximum Gasteiger partial charge on any atom is 0.350 e. The van der Waals surface area contributed by atoms with Crippen molar-refractivity contribution in [2.45, 2.75) is 6.54 Å². The molecule has 1 heterocycles. The molecule has 0 aromatic carbocycles. The Kier molecular flexibility index (Phi) is 2.14. The average molecular weight is 167 g/mol. The van der Waals surface area contributed by atoms with Crippen LogP contribution in [0.3, 0.4) is 0 Å². The number of hydrogen-bond acceptors (Lipinski definition) is 3. The molecule has 0 aliphatic carbocycles. The third-order valence-corrected chi connectivity index (χ3v) is 1.41.